The number of amides is 3. The first-order chi connectivity index (χ1) is 14.6. The summed E-state index contributed by atoms with van der Waals surface area (Å²) in [4.78, 5) is 38.1. The molecule has 0 unspecified atom stereocenters. The normalized spacial score (nSPS) is 12.9. The summed E-state index contributed by atoms with van der Waals surface area (Å²) < 4.78 is 5.20. The van der Waals surface area contributed by atoms with Crippen LogP contribution in [0.3, 0.4) is 0 Å². The van der Waals surface area contributed by atoms with Gasteiger partial charge >= 0.3 is 0 Å². The second kappa shape index (κ2) is 8.32. The van der Waals surface area contributed by atoms with Gasteiger partial charge in [0.15, 0.2) is 0 Å². The van der Waals surface area contributed by atoms with Gasteiger partial charge in [0, 0.05) is 24.6 Å². The quantitative estimate of drug-likeness (QED) is 0.604. The van der Waals surface area contributed by atoms with Gasteiger partial charge in [-0.25, -0.2) is 0 Å². The van der Waals surface area contributed by atoms with Gasteiger partial charge in [0.25, 0.3) is 11.8 Å². The van der Waals surface area contributed by atoms with Gasteiger partial charge in [-0.2, -0.15) is 0 Å². The zero-order valence-electron chi connectivity index (χ0n) is 16.6. The molecule has 0 bridgehead atoms. The van der Waals surface area contributed by atoms with Crippen molar-refractivity contribution < 1.29 is 18.9 Å². The molecule has 0 aliphatic carbocycles. The summed E-state index contributed by atoms with van der Waals surface area (Å²) in [5.74, 6) is -0.638. The Balaban J connectivity index is 1.29. The van der Waals surface area contributed by atoms with E-state index in [0.717, 1.165) is 12.0 Å². The highest BCUT2D eigenvalue weighted by Gasteiger charge is 2.34. The summed E-state index contributed by atoms with van der Waals surface area (Å²) in [5, 5.41) is 6.66. The predicted molar refractivity (Wildman–Crippen MR) is 111 cm³/mol. The van der Waals surface area contributed by atoms with Gasteiger partial charge in [-0.1, -0.05) is 48.5 Å². The van der Waals surface area contributed by atoms with E-state index in [4.69, 9.17) is 4.52 Å². The number of aryl methyl sites for hydroxylation is 1. The average molecular weight is 403 g/mol. The number of aromatic nitrogens is 1. The fourth-order valence-electron chi connectivity index (χ4n) is 3.42. The molecule has 2 heterocycles. The van der Waals surface area contributed by atoms with Gasteiger partial charge in [0.05, 0.1) is 11.1 Å². The summed E-state index contributed by atoms with van der Waals surface area (Å²) in [5.41, 5.74) is 3.59. The molecule has 2 aromatic carbocycles. The van der Waals surface area contributed by atoms with Crippen LogP contribution in [0.15, 0.2) is 59.1 Å². The molecule has 3 amide bonds. The van der Waals surface area contributed by atoms with Crippen LogP contribution in [-0.2, 0) is 11.2 Å². The van der Waals surface area contributed by atoms with Crippen molar-refractivity contribution in [2.75, 3.05) is 11.9 Å². The van der Waals surface area contributed by atoms with Crippen molar-refractivity contribution in [1.29, 1.82) is 0 Å². The molecule has 3 aromatic rings. The zero-order chi connectivity index (χ0) is 21.1. The number of hydrogen-bond acceptors (Lipinski definition) is 5. The van der Waals surface area contributed by atoms with E-state index in [0.29, 0.717) is 23.2 Å². The molecule has 1 N–H and O–H groups in total. The highest BCUT2D eigenvalue weighted by atomic mass is 16.5. The topological polar surface area (TPSA) is 92.5 Å². The lowest BCUT2D eigenvalue weighted by molar-refractivity contribution is -0.116. The Bertz CT molecular complexity index is 1070. The lowest BCUT2D eigenvalue weighted by atomic mass is 10.1. The van der Waals surface area contributed by atoms with Crippen LogP contribution in [0.25, 0.3) is 11.3 Å². The minimum Gasteiger partial charge on any atom is -0.338 e. The Labute approximate surface area is 173 Å². The molecule has 1 aliphatic heterocycles. The third kappa shape index (κ3) is 3.87. The fraction of sp³-hybridized carbons (Fsp3) is 0.217. The summed E-state index contributed by atoms with van der Waals surface area (Å²) >= 11 is 0. The number of carbonyl (C=O) groups is 3. The van der Waals surface area contributed by atoms with Crippen LogP contribution < -0.4 is 5.32 Å². The second-order valence-corrected chi connectivity index (χ2v) is 7.09. The molecule has 30 heavy (non-hydrogen) atoms. The number of carbonyl (C=O) groups excluding carboxylic acids is 3. The van der Waals surface area contributed by atoms with Crippen LogP contribution >= 0.6 is 0 Å². The molecule has 0 saturated heterocycles. The van der Waals surface area contributed by atoms with E-state index in [1.165, 1.54) is 10.5 Å². The van der Waals surface area contributed by atoms with Crippen molar-refractivity contribution >= 4 is 23.6 Å². The molecule has 0 spiro atoms. The number of anilines is 1. The van der Waals surface area contributed by atoms with Gasteiger partial charge in [0.2, 0.25) is 11.8 Å². The summed E-state index contributed by atoms with van der Waals surface area (Å²) in [6.45, 7) is 2.28. The van der Waals surface area contributed by atoms with Gasteiger partial charge in [-0.05, 0) is 30.5 Å². The zero-order valence-corrected chi connectivity index (χ0v) is 16.6. The first-order valence-electron chi connectivity index (χ1n) is 9.88. The van der Waals surface area contributed by atoms with Crippen molar-refractivity contribution in [3.05, 3.63) is 71.3 Å². The molecule has 1 aliphatic rings. The minimum atomic E-state index is -0.315. The van der Waals surface area contributed by atoms with Gasteiger partial charge < -0.3 is 4.52 Å². The second-order valence-electron chi connectivity index (χ2n) is 7.09. The minimum absolute atomic E-state index is 0.147. The van der Waals surface area contributed by atoms with Crippen LogP contribution in [0.1, 0.15) is 46.0 Å². The van der Waals surface area contributed by atoms with E-state index in [1.807, 2.05) is 24.3 Å². The molecule has 0 radical (unpaired) electrons. The maximum Gasteiger partial charge on any atom is 0.261 e. The molecule has 1 aromatic heterocycles. The lowest BCUT2D eigenvalue weighted by Crippen LogP contribution is -2.31. The first kappa shape index (κ1) is 19.6. The number of benzene rings is 2. The molecule has 4 rings (SSSR count). The van der Waals surface area contributed by atoms with E-state index < -0.39 is 0 Å². The van der Waals surface area contributed by atoms with Crippen molar-refractivity contribution in [3.8, 4) is 11.3 Å². The van der Waals surface area contributed by atoms with E-state index in [1.54, 1.807) is 30.3 Å². The van der Waals surface area contributed by atoms with Gasteiger partial charge in [0.1, 0.15) is 5.69 Å². The Morgan fingerprint density at radius 2 is 1.70 bits per heavy atom. The van der Waals surface area contributed by atoms with Gasteiger partial charge in [-0.15, -0.1) is 0 Å². The summed E-state index contributed by atoms with van der Waals surface area (Å²) in [7, 11) is 0. The molecule has 152 valence electrons. The number of rotatable bonds is 7. The fourth-order valence-corrected chi connectivity index (χ4v) is 3.42. The summed E-state index contributed by atoms with van der Waals surface area (Å²) in [6, 6.07) is 16.4. The van der Waals surface area contributed by atoms with Gasteiger partial charge in [-0.3, -0.25) is 24.6 Å². The highest BCUT2D eigenvalue weighted by Crippen LogP contribution is 2.24. The lowest BCUT2D eigenvalue weighted by Gasteiger charge is -2.13. The third-order valence-electron chi connectivity index (χ3n) is 5.09. The van der Waals surface area contributed by atoms with Crippen LogP contribution in [-0.4, -0.2) is 34.3 Å². The molecule has 0 atom stereocenters. The Hall–Kier alpha value is -3.74. The van der Waals surface area contributed by atoms with E-state index in [9.17, 15) is 14.4 Å². The maximum atomic E-state index is 12.3. The van der Waals surface area contributed by atoms with Crippen molar-refractivity contribution in [3.63, 3.8) is 0 Å². The van der Waals surface area contributed by atoms with E-state index in [-0.39, 0.29) is 36.6 Å². The number of hydrogen-bond donors (Lipinski definition) is 1. The maximum absolute atomic E-state index is 12.3. The smallest absolute Gasteiger partial charge is 0.261 e. The Morgan fingerprint density at radius 3 is 2.33 bits per heavy atom. The van der Waals surface area contributed by atoms with E-state index in [2.05, 4.69) is 17.4 Å². The number of nitrogens with zero attached hydrogens (tertiary/aromatic N) is 2. The summed E-state index contributed by atoms with van der Waals surface area (Å²) in [6.07, 6.45) is 1.46. The van der Waals surface area contributed by atoms with Crippen LogP contribution in [0, 0.1) is 0 Å². The number of imide groups is 1. The monoisotopic (exact) mass is 403 g/mol. The van der Waals surface area contributed by atoms with Crippen molar-refractivity contribution in [1.82, 2.24) is 10.1 Å². The largest absolute Gasteiger partial charge is 0.338 e. The first-order valence-corrected chi connectivity index (χ1v) is 9.88. The highest BCUT2D eigenvalue weighted by molar-refractivity contribution is 6.21. The molecule has 7 nitrogen and oxygen atoms in total. The predicted octanol–water partition coefficient (Wildman–Crippen LogP) is 3.92. The van der Waals surface area contributed by atoms with Crippen LogP contribution in [0.5, 0.6) is 0 Å². The Kier molecular flexibility index (Phi) is 5.43. The van der Waals surface area contributed by atoms with E-state index >= 15 is 0 Å². The molecular weight excluding hydrogens is 382 g/mol. The molecule has 0 fully saturated rings. The average Bonchev–Trinajstić information content (AvgIpc) is 3.32. The Morgan fingerprint density at radius 1 is 1.03 bits per heavy atom. The molecule has 0 saturated carbocycles. The number of nitrogens with one attached hydrogen (secondary N) is 1. The third-order valence-corrected chi connectivity index (χ3v) is 5.09. The van der Waals surface area contributed by atoms with Crippen molar-refractivity contribution in [2.24, 2.45) is 0 Å². The molecular formula is C23H21N3O4. The number of fused-ring (bicyclic) bond motifs is 1. The van der Waals surface area contributed by atoms with Crippen LogP contribution in [0.4, 0.5) is 5.88 Å². The standard InChI is InChI=1S/C23H21N3O4/c1-2-15-9-11-16(12-10-15)19-14-21(30-25-19)24-20(27)8-5-13-26-22(28)17-6-3-4-7-18(17)23(26)29/h3-4,6-7,9-12,14H,2,5,8,13H2,1H3,(H,24,27). The van der Waals surface area contributed by atoms with Crippen LogP contribution in [0.2, 0.25) is 0 Å². The SMILES string of the molecule is CCc1ccc(-c2cc(NC(=O)CCCN3C(=O)c4ccccc4C3=O)on2)cc1. The van der Waals surface area contributed by atoms with Crippen molar-refractivity contribution in [2.45, 2.75) is 26.2 Å². The molecule has 7 heteroatoms.